The largest absolute Gasteiger partial charge is 0.348 e. The standard InChI is InChI=1S/C12H17BrN2O3/c1-12(2)17-7-9(18-12)5-14-11(16)10-4-8(13)6-15(10)3/h4,6,9H,5,7H2,1-3H3,(H,14,16). The summed E-state index contributed by atoms with van der Waals surface area (Å²) in [5, 5.41) is 2.85. The molecule has 0 bridgehead atoms. The molecule has 2 rings (SSSR count). The van der Waals surface area contributed by atoms with E-state index in [1.54, 1.807) is 10.6 Å². The number of nitrogens with zero attached hydrogens (tertiary/aromatic N) is 1. The third kappa shape index (κ3) is 3.13. The predicted molar refractivity (Wildman–Crippen MR) is 70.4 cm³/mol. The number of aryl methyl sites for hydroxylation is 1. The molecule has 1 fully saturated rings. The summed E-state index contributed by atoms with van der Waals surface area (Å²) in [5.41, 5.74) is 0.611. The second-order valence-corrected chi connectivity index (χ2v) is 5.73. The second-order valence-electron chi connectivity index (χ2n) is 4.82. The van der Waals surface area contributed by atoms with Crippen molar-refractivity contribution in [3.8, 4) is 0 Å². The SMILES string of the molecule is Cn1cc(Br)cc1C(=O)NCC1COC(C)(C)O1. The molecule has 6 heteroatoms. The van der Waals surface area contributed by atoms with Crippen molar-refractivity contribution >= 4 is 21.8 Å². The Morgan fingerprint density at radius 2 is 2.39 bits per heavy atom. The average Bonchev–Trinajstić information content (AvgIpc) is 2.78. The van der Waals surface area contributed by atoms with Crippen molar-refractivity contribution in [2.75, 3.05) is 13.2 Å². The van der Waals surface area contributed by atoms with E-state index in [4.69, 9.17) is 9.47 Å². The van der Waals surface area contributed by atoms with Gasteiger partial charge in [-0.15, -0.1) is 0 Å². The van der Waals surface area contributed by atoms with Crippen LogP contribution in [0.15, 0.2) is 16.7 Å². The van der Waals surface area contributed by atoms with Crippen molar-refractivity contribution in [3.05, 3.63) is 22.4 Å². The van der Waals surface area contributed by atoms with E-state index in [2.05, 4.69) is 21.2 Å². The molecule has 0 aromatic carbocycles. The maximum Gasteiger partial charge on any atom is 0.268 e. The van der Waals surface area contributed by atoms with Crippen molar-refractivity contribution in [3.63, 3.8) is 0 Å². The Balaban J connectivity index is 1.88. The van der Waals surface area contributed by atoms with Crippen molar-refractivity contribution in [2.24, 2.45) is 7.05 Å². The summed E-state index contributed by atoms with van der Waals surface area (Å²) in [7, 11) is 1.83. The Hall–Kier alpha value is -0.850. The highest BCUT2D eigenvalue weighted by atomic mass is 79.9. The monoisotopic (exact) mass is 316 g/mol. The summed E-state index contributed by atoms with van der Waals surface area (Å²) in [5.74, 6) is -0.667. The summed E-state index contributed by atoms with van der Waals surface area (Å²) in [6.07, 6.45) is 1.75. The van der Waals surface area contributed by atoms with Gasteiger partial charge in [-0.1, -0.05) is 0 Å². The molecule has 1 amide bonds. The summed E-state index contributed by atoms with van der Waals surface area (Å²) in [4.78, 5) is 11.9. The van der Waals surface area contributed by atoms with Gasteiger partial charge in [0.15, 0.2) is 5.79 Å². The van der Waals surface area contributed by atoms with Gasteiger partial charge in [-0.25, -0.2) is 0 Å². The Morgan fingerprint density at radius 3 is 2.89 bits per heavy atom. The molecule has 0 radical (unpaired) electrons. The zero-order valence-corrected chi connectivity index (χ0v) is 12.3. The fourth-order valence-corrected chi connectivity index (χ4v) is 2.43. The smallest absolute Gasteiger partial charge is 0.268 e. The molecule has 1 aromatic heterocycles. The average molecular weight is 317 g/mol. The lowest BCUT2D eigenvalue weighted by atomic mass is 10.3. The minimum absolute atomic E-state index is 0.0901. The van der Waals surface area contributed by atoms with E-state index in [0.29, 0.717) is 18.8 Å². The summed E-state index contributed by atoms with van der Waals surface area (Å²) in [6.45, 7) is 4.68. The van der Waals surface area contributed by atoms with E-state index in [1.807, 2.05) is 27.1 Å². The highest BCUT2D eigenvalue weighted by molar-refractivity contribution is 9.10. The first kappa shape index (κ1) is 13.6. The molecule has 1 atom stereocenters. The third-order valence-electron chi connectivity index (χ3n) is 2.76. The quantitative estimate of drug-likeness (QED) is 0.923. The summed E-state index contributed by atoms with van der Waals surface area (Å²) < 4.78 is 13.7. The van der Waals surface area contributed by atoms with Crippen LogP contribution < -0.4 is 5.32 Å². The van der Waals surface area contributed by atoms with Crippen LogP contribution in [0, 0.1) is 0 Å². The number of hydrogen-bond acceptors (Lipinski definition) is 3. The highest BCUT2D eigenvalue weighted by Crippen LogP contribution is 2.21. The number of halogens is 1. The number of rotatable bonds is 3. The van der Waals surface area contributed by atoms with Crippen molar-refractivity contribution < 1.29 is 14.3 Å². The van der Waals surface area contributed by atoms with Gasteiger partial charge in [0.25, 0.3) is 5.91 Å². The van der Waals surface area contributed by atoms with Gasteiger partial charge in [-0.05, 0) is 35.8 Å². The van der Waals surface area contributed by atoms with Crippen LogP contribution in [0.3, 0.4) is 0 Å². The van der Waals surface area contributed by atoms with Crippen LogP contribution >= 0.6 is 15.9 Å². The van der Waals surface area contributed by atoms with Gasteiger partial charge in [0, 0.05) is 24.3 Å². The van der Waals surface area contributed by atoms with E-state index in [1.165, 1.54) is 0 Å². The maximum atomic E-state index is 11.9. The molecule has 0 saturated carbocycles. The number of amides is 1. The second kappa shape index (κ2) is 5.03. The number of hydrogen-bond donors (Lipinski definition) is 1. The zero-order valence-electron chi connectivity index (χ0n) is 10.7. The number of carbonyl (C=O) groups is 1. The third-order valence-corrected chi connectivity index (χ3v) is 3.20. The highest BCUT2D eigenvalue weighted by Gasteiger charge is 2.32. The molecule has 1 unspecified atom stereocenters. The van der Waals surface area contributed by atoms with Gasteiger partial charge >= 0.3 is 0 Å². The van der Waals surface area contributed by atoms with Gasteiger partial charge in [0.05, 0.1) is 6.61 Å². The molecular weight excluding hydrogens is 300 g/mol. The molecule has 1 aliphatic heterocycles. The lowest BCUT2D eigenvalue weighted by Crippen LogP contribution is -2.35. The minimum Gasteiger partial charge on any atom is -0.348 e. The summed E-state index contributed by atoms with van der Waals surface area (Å²) >= 11 is 3.34. The predicted octanol–water partition coefficient (Wildman–Crippen LogP) is 1.67. The van der Waals surface area contributed by atoms with Gasteiger partial charge in [-0.2, -0.15) is 0 Å². The molecule has 18 heavy (non-hydrogen) atoms. The number of nitrogens with one attached hydrogen (secondary N) is 1. The zero-order chi connectivity index (χ0) is 13.3. The van der Waals surface area contributed by atoms with Crippen LogP contribution in [-0.2, 0) is 16.5 Å². The van der Waals surface area contributed by atoms with Crippen molar-refractivity contribution in [1.82, 2.24) is 9.88 Å². The van der Waals surface area contributed by atoms with E-state index < -0.39 is 5.79 Å². The fraction of sp³-hybridized carbons (Fsp3) is 0.583. The van der Waals surface area contributed by atoms with Crippen LogP contribution in [0.25, 0.3) is 0 Å². The van der Waals surface area contributed by atoms with Gasteiger partial charge in [0.2, 0.25) is 0 Å². The molecule has 100 valence electrons. The molecule has 1 aliphatic rings. The first-order valence-electron chi connectivity index (χ1n) is 5.79. The Labute approximate surface area is 115 Å². The number of ether oxygens (including phenoxy) is 2. The van der Waals surface area contributed by atoms with E-state index in [9.17, 15) is 4.79 Å². The van der Waals surface area contributed by atoms with Crippen LogP contribution in [-0.4, -0.2) is 35.5 Å². The van der Waals surface area contributed by atoms with Crippen LogP contribution in [0.4, 0.5) is 0 Å². The van der Waals surface area contributed by atoms with E-state index >= 15 is 0 Å². The van der Waals surface area contributed by atoms with Crippen LogP contribution in [0.5, 0.6) is 0 Å². The molecule has 1 N–H and O–H groups in total. The Kier molecular flexibility index (Phi) is 3.79. The minimum atomic E-state index is -0.552. The first-order valence-corrected chi connectivity index (χ1v) is 6.58. The molecule has 1 aromatic rings. The topological polar surface area (TPSA) is 52.5 Å². The summed E-state index contributed by atoms with van der Waals surface area (Å²) in [6, 6.07) is 1.78. The molecule has 0 aliphatic carbocycles. The van der Waals surface area contributed by atoms with Crippen molar-refractivity contribution in [1.29, 1.82) is 0 Å². The maximum absolute atomic E-state index is 11.9. The number of carbonyl (C=O) groups excluding carboxylic acids is 1. The van der Waals surface area contributed by atoms with Gasteiger partial charge in [0.1, 0.15) is 11.8 Å². The van der Waals surface area contributed by atoms with Crippen LogP contribution in [0.2, 0.25) is 0 Å². The fourth-order valence-electron chi connectivity index (χ4n) is 1.91. The van der Waals surface area contributed by atoms with E-state index in [0.717, 1.165) is 4.47 Å². The lowest BCUT2D eigenvalue weighted by molar-refractivity contribution is -0.137. The molecule has 5 nitrogen and oxygen atoms in total. The Bertz CT molecular complexity index is 456. The van der Waals surface area contributed by atoms with Crippen LogP contribution in [0.1, 0.15) is 24.3 Å². The molecule has 1 saturated heterocycles. The van der Waals surface area contributed by atoms with E-state index in [-0.39, 0.29) is 12.0 Å². The lowest BCUT2D eigenvalue weighted by Gasteiger charge is -2.17. The molecule has 2 heterocycles. The molecular formula is C12H17BrN2O3. The van der Waals surface area contributed by atoms with Crippen molar-refractivity contribution in [2.45, 2.75) is 25.7 Å². The normalized spacial score (nSPS) is 22.1. The Morgan fingerprint density at radius 1 is 1.67 bits per heavy atom. The number of aromatic nitrogens is 1. The van der Waals surface area contributed by atoms with Gasteiger partial charge in [-0.3, -0.25) is 4.79 Å². The van der Waals surface area contributed by atoms with Gasteiger partial charge < -0.3 is 19.4 Å². The molecule has 0 spiro atoms. The first-order chi connectivity index (χ1) is 8.37.